The molecular formula is C18H27N3O2. The van der Waals surface area contributed by atoms with Crippen LogP contribution in [-0.2, 0) is 11.3 Å². The molecule has 1 saturated heterocycles. The molecule has 1 aliphatic carbocycles. The van der Waals surface area contributed by atoms with Crippen molar-refractivity contribution in [3.8, 4) is 5.75 Å². The lowest BCUT2D eigenvalue weighted by atomic mass is 9.78. The Bertz CT molecular complexity index is 549. The zero-order chi connectivity index (χ0) is 16.2. The van der Waals surface area contributed by atoms with Crippen LogP contribution in [0.3, 0.4) is 0 Å². The van der Waals surface area contributed by atoms with Crippen molar-refractivity contribution in [2.24, 2.45) is 17.6 Å². The van der Waals surface area contributed by atoms with E-state index in [1.807, 2.05) is 24.3 Å². The number of likely N-dealkylation sites (tertiary alicyclic amines) is 1. The third-order valence-electron chi connectivity index (χ3n) is 5.27. The van der Waals surface area contributed by atoms with E-state index in [0.29, 0.717) is 31.0 Å². The van der Waals surface area contributed by atoms with E-state index in [9.17, 15) is 4.79 Å². The summed E-state index contributed by atoms with van der Waals surface area (Å²) >= 11 is 0. The van der Waals surface area contributed by atoms with Crippen LogP contribution in [0.1, 0.15) is 24.8 Å². The fraction of sp³-hybridized carbons (Fsp3) is 0.611. The summed E-state index contributed by atoms with van der Waals surface area (Å²) < 4.78 is 5.31. The van der Waals surface area contributed by atoms with Crippen LogP contribution in [0.25, 0.3) is 0 Å². The van der Waals surface area contributed by atoms with Gasteiger partial charge in [-0.3, -0.25) is 9.69 Å². The van der Waals surface area contributed by atoms with Gasteiger partial charge in [-0.1, -0.05) is 24.6 Å². The fourth-order valence-electron chi connectivity index (χ4n) is 4.04. The minimum Gasteiger partial charge on any atom is -0.496 e. The Kier molecular flexibility index (Phi) is 5.18. The van der Waals surface area contributed by atoms with Crippen molar-refractivity contribution in [1.29, 1.82) is 0 Å². The molecule has 3 atom stereocenters. The molecule has 0 bridgehead atoms. The van der Waals surface area contributed by atoms with Crippen molar-refractivity contribution in [2.75, 3.05) is 26.7 Å². The summed E-state index contributed by atoms with van der Waals surface area (Å²) in [6.07, 6.45) is 3.63. The number of nitrogens with one attached hydrogen (secondary N) is 1. The molecule has 5 nitrogen and oxygen atoms in total. The number of nitrogens with zero attached hydrogens (tertiary/aromatic N) is 1. The lowest BCUT2D eigenvalue weighted by Crippen LogP contribution is -2.39. The van der Waals surface area contributed by atoms with Gasteiger partial charge in [0.25, 0.3) is 0 Å². The van der Waals surface area contributed by atoms with Gasteiger partial charge in [-0.2, -0.15) is 0 Å². The number of nitrogens with two attached hydrogens (primary N) is 1. The summed E-state index contributed by atoms with van der Waals surface area (Å²) in [7, 11) is 1.65. The van der Waals surface area contributed by atoms with Crippen LogP contribution in [0.5, 0.6) is 5.75 Å². The zero-order valence-electron chi connectivity index (χ0n) is 13.8. The number of carbonyl (C=O) groups excluding carboxylic acids is 1. The Labute approximate surface area is 138 Å². The Balaban J connectivity index is 1.48. The molecule has 1 heterocycles. The summed E-state index contributed by atoms with van der Waals surface area (Å²) in [5, 5.41) is 3.00. The van der Waals surface area contributed by atoms with Gasteiger partial charge >= 0.3 is 0 Å². The van der Waals surface area contributed by atoms with Crippen LogP contribution >= 0.6 is 0 Å². The first-order chi connectivity index (χ1) is 11.2. The van der Waals surface area contributed by atoms with E-state index in [0.717, 1.165) is 30.8 Å². The van der Waals surface area contributed by atoms with E-state index in [1.54, 1.807) is 7.11 Å². The van der Waals surface area contributed by atoms with E-state index in [4.69, 9.17) is 10.5 Å². The predicted molar refractivity (Wildman–Crippen MR) is 90.1 cm³/mol. The van der Waals surface area contributed by atoms with Gasteiger partial charge in [0.1, 0.15) is 5.75 Å². The third-order valence-corrected chi connectivity index (χ3v) is 5.27. The summed E-state index contributed by atoms with van der Waals surface area (Å²) in [5.74, 6) is 2.14. The van der Waals surface area contributed by atoms with E-state index >= 15 is 0 Å². The first-order valence-electron chi connectivity index (χ1n) is 8.54. The Morgan fingerprint density at radius 1 is 1.35 bits per heavy atom. The lowest BCUT2D eigenvalue weighted by Gasteiger charge is -2.29. The number of amides is 1. The predicted octanol–water partition coefficient (Wildman–Crippen LogP) is 1.37. The molecule has 1 amide bonds. The number of hydrogen-bond donors (Lipinski definition) is 2. The second-order valence-electron chi connectivity index (χ2n) is 6.80. The summed E-state index contributed by atoms with van der Waals surface area (Å²) in [4.78, 5) is 14.5. The number of para-hydroxylation sites is 1. The number of methoxy groups -OCH3 is 1. The van der Waals surface area contributed by atoms with Crippen molar-refractivity contribution in [3.63, 3.8) is 0 Å². The Morgan fingerprint density at radius 2 is 2.17 bits per heavy atom. The molecule has 3 unspecified atom stereocenters. The van der Waals surface area contributed by atoms with Crippen molar-refractivity contribution in [2.45, 2.75) is 31.8 Å². The van der Waals surface area contributed by atoms with Crippen LogP contribution in [0, 0.1) is 11.8 Å². The maximum absolute atomic E-state index is 12.2. The molecule has 3 rings (SSSR count). The average Bonchev–Trinajstić information content (AvgIpc) is 2.97. The number of rotatable bonds is 5. The number of carbonyl (C=O) groups is 1. The first-order valence-corrected chi connectivity index (χ1v) is 8.54. The molecular weight excluding hydrogens is 290 g/mol. The lowest BCUT2D eigenvalue weighted by molar-refractivity contribution is -0.122. The quantitative estimate of drug-likeness (QED) is 0.861. The fourth-order valence-corrected chi connectivity index (χ4v) is 4.04. The van der Waals surface area contributed by atoms with Gasteiger partial charge in [0, 0.05) is 31.2 Å². The Hall–Kier alpha value is -1.59. The van der Waals surface area contributed by atoms with Gasteiger partial charge < -0.3 is 15.8 Å². The molecule has 126 valence electrons. The van der Waals surface area contributed by atoms with Crippen molar-refractivity contribution < 1.29 is 9.53 Å². The Morgan fingerprint density at radius 3 is 2.96 bits per heavy atom. The number of ether oxygens (including phenoxy) is 1. The average molecular weight is 317 g/mol. The monoisotopic (exact) mass is 317 g/mol. The topological polar surface area (TPSA) is 67.6 Å². The number of benzene rings is 1. The minimum absolute atomic E-state index is 0.0723. The van der Waals surface area contributed by atoms with Crippen LogP contribution in [0.4, 0.5) is 0 Å². The molecule has 1 aromatic carbocycles. The highest BCUT2D eigenvalue weighted by atomic mass is 16.5. The second kappa shape index (κ2) is 7.32. The highest BCUT2D eigenvalue weighted by Gasteiger charge is 2.38. The van der Waals surface area contributed by atoms with Crippen molar-refractivity contribution >= 4 is 5.91 Å². The summed E-state index contributed by atoms with van der Waals surface area (Å²) in [6.45, 7) is 2.95. The van der Waals surface area contributed by atoms with Gasteiger partial charge in [-0.25, -0.2) is 0 Å². The summed E-state index contributed by atoms with van der Waals surface area (Å²) in [5.41, 5.74) is 7.24. The highest BCUT2D eigenvalue weighted by molar-refractivity contribution is 5.78. The first kappa shape index (κ1) is 16.3. The van der Waals surface area contributed by atoms with Crippen LogP contribution in [-0.4, -0.2) is 43.6 Å². The number of hydrogen-bond acceptors (Lipinski definition) is 4. The molecule has 2 fully saturated rings. The molecule has 0 aromatic heterocycles. The van der Waals surface area contributed by atoms with Gasteiger partial charge in [0.15, 0.2) is 0 Å². The molecule has 0 spiro atoms. The van der Waals surface area contributed by atoms with Gasteiger partial charge in [0.2, 0.25) is 5.91 Å². The third kappa shape index (κ3) is 3.85. The smallest absolute Gasteiger partial charge is 0.234 e. The second-order valence-corrected chi connectivity index (χ2v) is 6.80. The van der Waals surface area contributed by atoms with Gasteiger partial charge in [-0.15, -0.1) is 0 Å². The van der Waals surface area contributed by atoms with Crippen LogP contribution in [0.15, 0.2) is 24.3 Å². The number of fused-ring (bicyclic) bond motifs is 1. The maximum Gasteiger partial charge on any atom is 0.234 e. The van der Waals surface area contributed by atoms with Crippen LogP contribution < -0.4 is 15.8 Å². The van der Waals surface area contributed by atoms with E-state index in [-0.39, 0.29) is 5.91 Å². The molecule has 0 radical (unpaired) electrons. The van der Waals surface area contributed by atoms with E-state index in [2.05, 4.69) is 10.2 Å². The summed E-state index contributed by atoms with van der Waals surface area (Å²) in [6, 6.07) is 8.09. The van der Waals surface area contributed by atoms with Gasteiger partial charge in [-0.05, 0) is 30.7 Å². The van der Waals surface area contributed by atoms with E-state index < -0.39 is 0 Å². The zero-order valence-corrected chi connectivity index (χ0v) is 13.8. The van der Waals surface area contributed by atoms with E-state index in [1.165, 1.54) is 12.8 Å². The molecule has 1 saturated carbocycles. The maximum atomic E-state index is 12.2. The largest absolute Gasteiger partial charge is 0.496 e. The van der Waals surface area contributed by atoms with Crippen molar-refractivity contribution in [3.05, 3.63) is 29.8 Å². The van der Waals surface area contributed by atoms with Crippen molar-refractivity contribution in [1.82, 2.24) is 10.2 Å². The molecule has 3 N–H and O–H groups in total. The standard InChI is InChI=1S/C18H27N3O2/c1-23-17-8-3-2-5-13(17)9-20-18(22)12-21-10-14-6-4-7-16(19)15(14)11-21/h2-3,5,8,14-16H,4,6-7,9-12,19H2,1H3,(H,20,22). The molecule has 1 aliphatic heterocycles. The highest BCUT2D eigenvalue weighted by Crippen LogP contribution is 2.35. The van der Waals surface area contributed by atoms with Gasteiger partial charge in [0.05, 0.1) is 13.7 Å². The molecule has 2 aliphatic rings. The van der Waals surface area contributed by atoms with Crippen LogP contribution in [0.2, 0.25) is 0 Å². The molecule has 5 heteroatoms. The SMILES string of the molecule is COc1ccccc1CNC(=O)CN1CC2CCCC(N)C2C1. The minimum atomic E-state index is 0.0723. The normalized spacial score (nSPS) is 27.5. The molecule has 1 aromatic rings. The molecule has 23 heavy (non-hydrogen) atoms.